The molecule has 1 N–H and O–H groups in total. The Bertz CT molecular complexity index is 350. The van der Waals surface area contributed by atoms with Crippen molar-refractivity contribution >= 4 is 6.79 Å². The number of unbranched alkanes of at least 4 members (excludes halogenated alkanes) is 2. The first-order valence-electron chi connectivity index (χ1n) is 7.02. The van der Waals surface area contributed by atoms with Crippen molar-refractivity contribution in [1.82, 2.24) is 0 Å². The van der Waals surface area contributed by atoms with E-state index in [1.165, 1.54) is 12.8 Å². The second kappa shape index (κ2) is 11.9. The molecule has 3 heteroatoms. The summed E-state index contributed by atoms with van der Waals surface area (Å²) in [6.45, 7) is 2.33. The topological polar surface area (TPSA) is 37.3 Å². The van der Waals surface area contributed by atoms with E-state index in [9.17, 15) is 0 Å². The Morgan fingerprint density at radius 2 is 1.55 bits per heavy atom. The van der Waals surface area contributed by atoms with Crippen LogP contribution in [-0.2, 0) is 22.2 Å². The smallest absolute Gasteiger partial charge is 0.106 e. The van der Waals surface area contributed by atoms with Crippen LogP contribution in [0.1, 0.15) is 38.5 Å². The molecule has 0 aromatic rings. The molecule has 0 bridgehead atoms. The fraction of sp³-hybridized carbons (Fsp3) is 0.471. The van der Waals surface area contributed by atoms with Crippen molar-refractivity contribution in [2.24, 2.45) is 5.92 Å². The van der Waals surface area contributed by atoms with Crippen LogP contribution in [-0.4, -0.2) is 18.5 Å². The van der Waals surface area contributed by atoms with Gasteiger partial charge in [-0.25, -0.2) is 0 Å². The first-order chi connectivity index (χ1) is 9.42. The second-order valence-corrected chi connectivity index (χ2v) is 4.87. The molecule has 2 nitrogen and oxygen atoms in total. The van der Waals surface area contributed by atoms with Gasteiger partial charge in [0.05, 0.1) is 0 Å². The normalized spacial score (nSPS) is 15.5. The Labute approximate surface area is 133 Å². The largest absolute Gasteiger partial charge is 0.396 e. The van der Waals surface area contributed by atoms with Crippen molar-refractivity contribution in [2.75, 3.05) is 6.61 Å². The van der Waals surface area contributed by atoms with Gasteiger partial charge in [0.15, 0.2) is 0 Å². The zero-order chi connectivity index (χ0) is 13.9. The number of carbonyl (C=O) groups excluding carboxylic acids is 1. The third-order valence-electron chi connectivity index (χ3n) is 3.65. The van der Waals surface area contributed by atoms with E-state index in [4.69, 9.17) is 9.90 Å². The molecule has 0 heterocycles. The second-order valence-electron chi connectivity index (χ2n) is 4.87. The Morgan fingerprint density at radius 3 is 1.95 bits per heavy atom. The summed E-state index contributed by atoms with van der Waals surface area (Å²) in [5.41, 5.74) is 3.15. The van der Waals surface area contributed by atoms with Gasteiger partial charge >= 0.3 is 0 Å². The van der Waals surface area contributed by atoms with Gasteiger partial charge in [-0.3, -0.25) is 0 Å². The molecular weight excluding hydrogens is 288 g/mol. The summed E-state index contributed by atoms with van der Waals surface area (Å²) in [6, 6.07) is 0. The van der Waals surface area contributed by atoms with Crippen molar-refractivity contribution in [1.29, 1.82) is 0 Å². The van der Waals surface area contributed by atoms with Crippen LogP contribution in [0.5, 0.6) is 0 Å². The standard InChI is InChI=1S/C16H22O.CH2O.Cr/c17-13-7-1-2-12-16(14-8-3-4-9-14)15-10-5-6-11-15;1-2;/h3-6,8,10,16-17H,1-2,7,9,11-13H2;1H2;. The monoisotopic (exact) mass is 312 g/mol. The Kier molecular flexibility index (Phi) is 11.4. The van der Waals surface area contributed by atoms with Crippen molar-refractivity contribution < 1.29 is 27.3 Å². The molecule has 2 aliphatic carbocycles. The van der Waals surface area contributed by atoms with Crippen LogP contribution in [0.3, 0.4) is 0 Å². The van der Waals surface area contributed by atoms with Crippen LogP contribution in [0, 0.1) is 5.92 Å². The maximum Gasteiger partial charge on any atom is 0.106 e. The molecule has 2 rings (SSSR count). The molecule has 0 saturated heterocycles. The van der Waals surface area contributed by atoms with Crippen LogP contribution < -0.4 is 0 Å². The van der Waals surface area contributed by atoms with Gasteiger partial charge in [0, 0.05) is 29.9 Å². The number of carbonyl (C=O) groups is 1. The zero-order valence-electron chi connectivity index (χ0n) is 12.0. The predicted octanol–water partition coefficient (Wildman–Crippen LogP) is 3.74. The first-order valence-corrected chi connectivity index (χ1v) is 7.02. The Morgan fingerprint density at radius 1 is 1.00 bits per heavy atom. The van der Waals surface area contributed by atoms with Crippen LogP contribution in [0.15, 0.2) is 47.6 Å². The summed E-state index contributed by atoms with van der Waals surface area (Å²) >= 11 is 0. The molecule has 0 aliphatic heterocycles. The Balaban J connectivity index is 0.00000115. The van der Waals surface area contributed by atoms with E-state index >= 15 is 0 Å². The van der Waals surface area contributed by atoms with Gasteiger partial charge in [0.2, 0.25) is 0 Å². The van der Waals surface area contributed by atoms with Crippen molar-refractivity contribution in [3.05, 3.63) is 47.6 Å². The van der Waals surface area contributed by atoms with E-state index in [0.29, 0.717) is 12.5 Å². The summed E-state index contributed by atoms with van der Waals surface area (Å²) in [4.78, 5) is 8.00. The third-order valence-corrected chi connectivity index (χ3v) is 3.65. The Hall–Kier alpha value is -0.878. The van der Waals surface area contributed by atoms with E-state index in [2.05, 4.69) is 36.5 Å². The minimum atomic E-state index is 0. The van der Waals surface area contributed by atoms with Crippen LogP contribution in [0.2, 0.25) is 0 Å². The SMILES string of the molecule is C=O.OCCCCCC(C1=CC=CC1)C1=CC=CC1.[Cr]. The van der Waals surface area contributed by atoms with Gasteiger partial charge in [0.25, 0.3) is 0 Å². The van der Waals surface area contributed by atoms with Crippen LogP contribution in [0.25, 0.3) is 0 Å². The van der Waals surface area contributed by atoms with E-state index in [-0.39, 0.29) is 17.4 Å². The number of aliphatic hydroxyl groups excluding tert-OH is 1. The van der Waals surface area contributed by atoms with Crippen molar-refractivity contribution in [3.8, 4) is 0 Å². The molecule has 0 saturated carbocycles. The number of rotatable bonds is 7. The maximum atomic E-state index is 8.81. The molecule has 0 fully saturated rings. The molecule has 110 valence electrons. The summed E-state index contributed by atoms with van der Waals surface area (Å²) in [5.74, 6) is 0.638. The maximum absolute atomic E-state index is 8.81. The number of allylic oxidation sites excluding steroid dienone is 8. The minimum Gasteiger partial charge on any atom is -0.396 e. The van der Waals surface area contributed by atoms with Gasteiger partial charge in [-0.05, 0) is 25.7 Å². The van der Waals surface area contributed by atoms with Crippen LogP contribution in [0.4, 0.5) is 0 Å². The minimum absolute atomic E-state index is 0. The summed E-state index contributed by atoms with van der Waals surface area (Å²) in [7, 11) is 0. The van der Waals surface area contributed by atoms with Gasteiger partial charge in [-0.15, -0.1) is 0 Å². The molecule has 0 aromatic heterocycles. The summed E-state index contributed by atoms with van der Waals surface area (Å²) in [5, 5.41) is 8.81. The predicted molar refractivity (Wildman–Crippen MR) is 79.8 cm³/mol. The molecule has 2 aliphatic rings. The fourth-order valence-electron chi connectivity index (χ4n) is 2.69. The third kappa shape index (κ3) is 6.05. The summed E-state index contributed by atoms with van der Waals surface area (Å²) in [6.07, 6.45) is 20.2. The number of hydrogen-bond donors (Lipinski definition) is 1. The molecule has 0 radical (unpaired) electrons. The average molecular weight is 312 g/mol. The molecule has 0 aromatic carbocycles. The molecule has 0 atom stereocenters. The zero-order valence-corrected chi connectivity index (χ0v) is 13.2. The fourth-order valence-corrected chi connectivity index (χ4v) is 2.69. The first kappa shape index (κ1) is 19.1. The van der Waals surface area contributed by atoms with E-state index < -0.39 is 0 Å². The number of hydrogen-bond acceptors (Lipinski definition) is 2. The van der Waals surface area contributed by atoms with Gasteiger partial charge in [-0.2, -0.15) is 0 Å². The van der Waals surface area contributed by atoms with Crippen molar-refractivity contribution in [3.63, 3.8) is 0 Å². The van der Waals surface area contributed by atoms with Gasteiger partial charge < -0.3 is 9.90 Å². The van der Waals surface area contributed by atoms with Gasteiger partial charge in [0.1, 0.15) is 6.79 Å². The average Bonchev–Trinajstić information content (AvgIpc) is 3.14. The molecule has 0 spiro atoms. The van der Waals surface area contributed by atoms with E-state index in [1.54, 1.807) is 11.1 Å². The van der Waals surface area contributed by atoms with Crippen molar-refractivity contribution in [2.45, 2.75) is 38.5 Å². The van der Waals surface area contributed by atoms with Crippen LogP contribution >= 0.6 is 0 Å². The summed E-state index contributed by atoms with van der Waals surface area (Å²) < 4.78 is 0. The van der Waals surface area contributed by atoms with Gasteiger partial charge in [-0.1, -0.05) is 60.4 Å². The molecule has 0 amide bonds. The molecule has 20 heavy (non-hydrogen) atoms. The number of aliphatic hydroxyl groups is 1. The van der Waals surface area contributed by atoms with E-state index in [0.717, 1.165) is 25.7 Å². The molecular formula is C17H24CrO2. The van der Waals surface area contributed by atoms with E-state index in [1.807, 2.05) is 6.79 Å². The quantitative estimate of drug-likeness (QED) is 0.727. The molecule has 0 unspecified atom stereocenters.